The van der Waals surface area contributed by atoms with E-state index in [1.54, 1.807) is 24.3 Å². The van der Waals surface area contributed by atoms with Gasteiger partial charge in [0.2, 0.25) is 6.10 Å². The molecule has 1 unspecified atom stereocenters. The number of ether oxygens (including phenoxy) is 1. The van der Waals surface area contributed by atoms with Gasteiger partial charge < -0.3 is 15.4 Å². The van der Waals surface area contributed by atoms with Gasteiger partial charge in [0.1, 0.15) is 5.69 Å². The molecule has 0 aliphatic heterocycles. The van der Waals surface area contributed by atoms with Gasteiger partial charge in [0.15, 0.2) is 0 Å². The first-order valence-corrected chi connectivity index (χ1v) is 8.72. The van der Waals surface area contributed by atoms with Crippen LogP contribution in [-0.4, -0.2) is 40.3 Å². The molecule has 1 fully saturated rings. The summed E-state index contributed by atoms with van der Waals surface area (Å²) in [6.07, 6.45) is 5.02. The lowest BCUT2D eigenvalue weighted by molar-refractivity contribution is -0.156. The Labute approximate surface area is 156 Å². The van der Waals surface area contributed by atoms with Gasteiger partial charge in [-0.25, -0.2) is 4.98 Å². The van der Waals surface area contributed by atoms with Crippen molar-refractivity contribution in [2.75, 3.05) is 6.54 Å². The van der Waals surface area contributed by atoms with E-state index < -0.39 is 18.0 Å². The number of benzene rings is 1. The third kappa shape index (κ3) is 5.60. The summed E-state index contributed by atoms with van der Waals surface area (Å²) in [5.41, 5.74) is 0.768. The van der Waals surface area contributed by atoms with Crippen molar-refractivity contribution in [3.05, 3.63) is 60.2 Å². The van der Waals surface area contributed by atoms with E-state index >= 15 is 0 Å². The van der Waals surface area contributed by atoms with Crippen LogP contribution < -0.4 is 10.6 Å². The predicted molar refractivity (Wildman–Crippen MR) is 95.4 cm³/mol. The molecular weight excluding hydrogens is 348 g/mol. The standard InChI is InChI=1S/C19H20N4O4/c24-16(8-9-22-18(25)15-12-20-10-11-21-15)27-17(13-4-2-1-3-5-13)19(26)23-14-6-7-14/h1-5,10-12,14,17H,6-9H2,(H,22,25)(H,23,26). The number of nitrogens with zero attached hydrogens (tertiary/aromatic N) is 2. The second-order valence-corrected chi connectivity index (χ2v) is 6.16. The van der Waals surface area contributed by atoms with Gasteiger partial charge in [0.25, 0.3) is 11.8 Å². The van der Waals surface area contributed by atoms with E-state index in [4.69, 9.17) is 4.74 Å². The maximum absolute atomic E-state index is 12.4. The van der Waals surface area contributed by atoms with Crippen LogP contribution in [0.2, 0.25) is 0 Å². The lowest BCUT2D eigenvalue weighted by atomic mass is 10.1. The minimum atomic E-state index is -1.00. The summed E-state index contributed by atoms with van der Waals surface area (Å²) in [7, 11) is 0. The Hall–Kier alpha value is -3.29. The molecule has 0 spiro atoms. The summed E-state index contributed by atoms with van der Waals surface area (Å²) in [4.78, 5) is 44.2. The molecule has 1 saturated carbocycles. The van der Waals surface area contributed by atoms with Gasteiger partial charge in [0.05, 0.1) is 12.6 Å². The average molecular weight is 368 g/mol. The first kappa shape index (κ1) is 18.5. The van der Waals surface area contributed by atoms with Crippen LogP contribution >= 0.6 is 0 Å². The quantitative estimate of drug-likeness (QED) is 0.677. The van der Waals surface area contributed by atoms with Gasteiger partial charge in [0, 0.05) is 30.5 Å². The van der Waals surface area contributed by atoms with Crippen molar-refractivity contribution < 1.29 is 19.1 Å². The minimum Gasteiger partial charge on any atom is -0.447 e. The number of rotatable bonds is 8. The van der Waals surface area contributed by atoms with Gasteiger partial charge in [-0.2, -0.15) is 0 Å². The van der Waals surface area contributed by atoms with E-state index in [1.807, 2.05) is 6.07 Å². The molecule has 1 atom stereocenters. The van der Waals surface area contributed by atoms with Crippen LogP contribution in [0.4, 0.5) is 0 Å². The van der Waals surface area contributed by atoms with Crippen molar-refractivity contribution in [1.82, 2.24) is 20.6 Å². The van der Waals surface area contributed by atoms with Gasteiger partial charge in [-0.15, -0.1) is 0 Å². The summed E-state index contributed by atoms with van der Waals surface area (Å²) in [6.45, 7) is 0.0694. The second kappa shape index (κ2) is 8.88. The van der Waals surface area contributed by atoms with Crippen LogP contribution in [0.1, 0.15) is 41.4 Å². The van der Waals surface area contributed by atoms with Gasteiger partial charge in [-0.3, -0.25) is 19.4 Å². The van der Waals surface area contributed by atoms with Crippen molar-refractivity contribution in [3.63, 3.8) is 0 Å². The van der Waals surface area contributed by atoms with E-state index in [-0.39, 0.29) is 30.6 Å². The Morgan fingerprint density at radius 3 is 2.59 bits per heavy atom. The number of carbonyl (C=O) groups is 3. The Kier molecular flexibility index (Phi) is 6.09. The van der Waals surface area contributed by atoms with Gasteiger partial charge in [-0.05, 0) is 12.8 Å². The average Bonchev–Trinajstić information content (AvgIpc) is 3.51. The van der Waals surface area contributed by atoms with Crippen molar-refractivity contribution in [2.24, 2.45) is 0 Å². The van der Waals surface area contributed by atoms with E-state index in [0.717, 1.165) is 12.8 Å². The molecule has 1 aromatic heterocycles. The van der Waals surface area contributed by atoms with Crippen LogP contribution in [-0.2, 0) is 14.3 Å². The molecule has 27 heavy (non-hydrogen) atoms. The van der Waals surface area contributed by atoms with Crippen molar-refractivity contribution in [3.8, 4) is 0 Å². The molecule has 1 aliphatic carbocycles. The number of hydrogen-bond donors (Lipinski definition) is 2. The zero-order chi connectivity index (χ0) is 19.1. The molecule has 8 heteroatoms. The fourth-order valence-electron chi connectivity index (χ4n) is 2.38. The molecule has 2 N–H and O–H groups in total. The number of nitrogens with one attached hydrogen (secondary N) is 2. The molecule has 0 saturated heterocycles. The maximum atomic E-state index is 12.4. The lowest BCUT2D eigenvalue weighted by Crippen LogP contribution is -2.34. The molecule has 2 aromatic rings. The number of aromatic nitrogens is 2. The molecule has 1 aromatic carbocycles. The van der Waals surface area contributed by atoms with Crippen molar-refractivity contribution >= 4 is 17.8 Å². The number of hydrogen-bond acceptors (Lipinski definition) is 6. The first-order valence-electron chi connectivity index (χ1n) is 8.72. The number of amides is 2. The third-order valence-corrected chi connectivity index (χ3v) is 3.92. The second-order valence-electron chi connectivity index (χ2n) is 6.16. The van der Waals surface area contributed by atoms with Crippen LogP contribution in [0, 0.1) is 0 Å². The molecule has 3 rings (SSSR count). The van der Waals surface area contributed by atoms with Crippen LogP contribution in [0.3, 0.4) is 0 Å². The summed E-state index contributed by atoms with van der Waals surface area (Å²) in [6, 6.07) is 9.02. The molecule has 0 bridgehead atoms. The van der Waals surface area contributed by atoms with Crippen molar-refractivity contribution in [1.29, 1.82) is 0 Å². The van der Waals surface area contributed by atoms with E-state index in [0.29, 0.717) is 5.56 Å². The summed E-state index contributed by atoms with van der Waals surface area (Å²) < 4.78 is 5.38. The highest BCUT2D eigenvalue weighted by Crippen LogP contribution is 2.23. The molecule has 0 radical (unpaired) electrons. The highest BCUT2D eigenvalue weighted by molar-refractivity contribution is 5.92. The van der Waals surface area contributed by atoms with Gasteiger partial charge >= 0.3 is 5.97 Å². The highest BCUT2D eigenvalue weighted by Gasteiger charge is 2.30. The van der Waals surface area contributed by atoms with Crippen LogP contribution in [0.15, 0.2) is 48.9 Å². The molecule has 140 valence electrons. The van der Waals surface area contributed by atoms with E-state index in [9.17, 15) is 14.4 Å². The Bertz CT molecular complexity index is 794. The molecule has 2 amide bonds. The molecule has 1 heterocycles. The summed E-state index contributed by atoms with van der Waals surface area (Å²) >= 11 is 0. The van der Waals surface area contributed by atoms with E-state index in [1.165, 1.54) is 18.6 Å². The van der Waals surface area contributed by atoms with E-state index in [2.05, 4.69) is 20.6 Å². The first-order chi connectivity index (χ1) is 13.1. The smallest absolute Gasteiger partial charge is 0.308 e. The number of esters is 1. The third-order valence-electron chi connectivity index (χ3n) is 3.92. The fourth-order valence-corrected chi connectivity index (χ4v) is 2.38. The van der Waals surface area contributed by atoms with Gasteiger partial charge in [-0.1, -0.05) is 30.3 Å². The Morgan fingerprint density at radius 2 is 1.93 bits per heavy atom. The van der Waals surface area contributed by atoms with Crippen molar-refractivity contribution in [2.45, 2.75) is 31.4 Å². The predicted octanol–water partition coefficient (Wildman–Crippen LogP) is 1.16. The minimum absolute atomic E-state index is 0.0634. The topological polar surface area (TPSA) is 110 Å². The summed E-state index contributed by atoms with van der Waals surface area (Å²) in [5.74, 6) is -1.34. The van der Waals surface area contributed by atoms with Crippen LogP contribution in [0.5, 0.6) is 0 Å². The monoisotopic (exact) mass is 368 g/mol. The molecule has 8 nitrogen and oxygen atoms in total. The molecular formula is C19H20N4O4. The largest absolute Gasteiger partial charge is 0.447 e. The van der Waals surface area contributed by atoms with Crippen LogP contribution in [0.25, 0.3) is 0 Å². The highest BCUT2D eigenvalue weighted by atomic mass is 16.5. The maximum Gasteiger partial charge on any atom is 0.308 e. The normalized spacial score (nSPS) is 14.1. The summed E-state index contributed by atoms with van der Waals surface area (Å²) in [5, 5.41) is 5.42. The number of carbonyl (C=O) groups excluding carboxylic acids is 3. The zero-order valence-corrected chi connectivity index (χ0v) is 14.6. The Morgan fingerprint density at radius 1 is 1.15 bits per heavy atom. The SMILES string of the molecule is O=C(CCNC(=O)c1cnccn1)OC(C(=O)NC1CC1)c1ccccc1. The Balaban J connectivity index is 1.52. The molecule has 1 aliphatic rings. The fraction of sp³-hybridized carbons (Fsp3) is 0.316. The lowest BCUT2D eigenvalue weighted by Gasteiger charge is -2.18. The zero-order valence-electron chi connectivity index (χ0n) is 14.6.